The van der Waals surface area contributed by atoms with Gasteiger partial charge in [0.25, 0.3) is 0 Å². The summed E-state index contributed by atoms with van der Waals surface area (Å²) in [6.07, 6.45) is 6.46. The molecular weight excluding hydrogens is 266 g/mol. The Balaban J connectivity index is 2.13. The van der Waals surface area contributed by atoms with Crippen LogP contribution in [0.3, 0.4) is 0 Å². The molecule has 0 aromatic carbocycles. The Morgan fingerprint density at radius 2 is 2.05 bits per heavy atom. The summed E-state index contributed by atoms with van der Waals surface area (Å²) >= 11 is 0. The number of aromatic nitrogens is 4. The third-order valence-electron chi connectivity index (χ3n) is 2.91. The van der Waals surface area contributed by atoms with Gasteiger partial charge in [0.1, 0.15) is 11.6 Å². The topological polar surface area (TPSA) is 64.9 Å². The molecule has 114 valence electrons. The van der Waals surface area contributed by atoms with Crippen molar-refractivity contribution in [2.45, 2.75) is 46.6 Å². The molecule has 2 heterocycles. The number of anilines is 1. The molecule has 0 fully saturated rings. The van der Waals surface area contributed by atoms with Crippen molar-refractivity contribution in [3.05, 3.63) is 24.3 Å². The smallest absolute Gasteiger partial charge is 0.224 e. The summed E-state index contributed by atoms with van der Waals surface area (Å²) in [5.41, 5.74) is 0. The largest absolute Gasteiger partial charge is 0.436 e. The fraction of sp³-hybridized carbons (Fsp3) is 0.533. The zero-order valence-corrected chi connectivity index (χ0v) is 13.0. The van der Waals surface area contributed by atoms with Crippen molar-refractivity contribution in [1.82, 2.24) is 19.7 Å². The van der Waals surface area contributed by atoms with Crippen LogP contribution in [0.25, 0.3) is 0 Å². The maximum atomic E-state index is 5.79. The third-order valence-corrected chi connectivity index (χ3v) is 2.91. The van der Waals surface area contributed by atoms with Crippen molar-refractivity contribution in [1.29, 1.82) is 0 Å². The van der Waals surface area contributed by atoms with Gasteiger partial charge in [-0.05, 0) is 12.8 Å². The van der Waals surface area contributed by atoms with E-state index in [4.69, 9.17) is 4.74 Å². The van der Waals surface area contributed by atoms with Crippen LogP contribution in [0.2, 0.25) is 0 Å². The van der Waals surface area contributed by atoms with Gasteiger partial charge in [-0.15, -0.1) is 0 Å². The Bertz CT molecular complexity index is 567. The van der Waals surface area contributed by atoms with Crippen LogP contribution >= 0.6 is 0 Å². The number of hydrogen-bond acceptors (Lipinski definition) is 5. The van der Waals surface area contributed by atoms with Crippen molar-refractivity contribution in [2.24, 2.45) is 0 Å². The first-order valence-electron chi connectivity index (χ1n) is 7.57. The van der Waals surface area contributed by atoms with Crippen molar-refractivity contribution >= 4 is 5.82 Å². The summed E-state index contributed by atoms with van der Waals surface area (Å²) in [4.78, 5) is 8.84. The van der Waals surface area contributed by atoms with E-state index >= 15 is 0 Å². The lowest BCUT2D eigenvalue weighted by atomic mass is 10.4. The minimum Gasteiger partial charge on any atom is -0.436 e. The van der Waals surface area contributed by atoms with E-state index in [0.717, 1.165) is 44.0 Å². The van der Waals surface area contributed by atoms with Gasteiger partial charge >= 0.3 is 0 Å². The molecule has 0 spiro atoms. The number of hydrogen-bond donors (Lipinski definition) is 1. The molecule has 0 amide bonds. The highest BCUT2D eigenvalue weighted by Gasteiger charge is 2.07. The van der Waals surface area contributed by atoms with Crippen molar-refractivity contribution in [3.8, 4) is 11.6 Å². The lowest BCUT2D eigenvalue weighted by Gasteiger charge is -2.08. The van der Waals surface area contributed by atoms with Gasteiger partial charge in [-0.25, -0.2) is 4.98 Å². The second kappa shape index (κ2) is 7.61. The van der Waals surface area contributed by atoms with Crippen LogP contribution in [0, 0.1) is 0 Å². The lowest BCUT2D eigenvalue weighted by molar-refractivity contribution is 0.457. The van der Waals surface area contributed by atoms with Crippen molar-refractivity contribution in [3.63, 3.8) is 0 Å². The van der Waals surface area contributed by atoms with Gasteiger partial charge in [-0.3, -0.25) is 4.68 Å². The van der Waals surface area contributed by atoms with Crippen LogP contribution in [-0.4, -0.2) is 26.3 Å². The molecule has 21 heavy (non-hydrogen) atoms. The molecule has 6 nitrogen and oxygen atoms in total. The van der Waals surface area contributed by atoms with Crippen LogP contribution in [0.4, 0.5) is 5.82 Å². The average Bonchev–Trinajstić information content (AvgIpc) is 2.92. The van der Waals surface area contributed by atoms with Gasteiger partial charge in [0.2, 0.25) is 5.88 Å². The number of rotatable bonds is 8. The Hall–Kier alpha value is -2.11. The van der Waals surface area contributed by atoms with E-state index in [1.54, 1.807) is 6.20 Å². The van der Waals surface area contributed by atoms with Crippen LogP contribution in [0.1, 0.15) is 39.4 Å². The highest BCUT2D eigenvalue weighted by atomic mass is 16.5. The predicted octanol–water partition coefficient (Wildman–Crippen LogP) is 3.26. The van der Waals surface area contributed by atoms with Gasteiger partial charge in [-0.1, -0.05) is 20.8 Å². The van der Waals surface area contributed by atoms with Crippen LogP contribution < -0.4 is 10.1 Å². The Morgan fingerprint density at radius 1 is 1.19 bits per heavy atom. The second-order valence-corrected chi connectivity index (χ2v) is 4.83. The van der Waals surface area contributed by atoms with E-state index in [1.165, 1.54) is 0 Å². The molecule has 0 saturated carbocycles. The Morgan fingerprint density at radius 3 is 2.76 bits per heavy atom. The van der Waals surface area contributed by atoms with Gasteiger partial charge in [0.05, 0.1) is 12.4 Å². The van der Waals surface area contributed by atoms with Gasteiger partial charge in [0.15, 0.2) is 5.75 Å². The molecule has 2 aromatic rings. The van der Waals surface area contributed by atoms with Crippen molar-refractivity contribution < 1.29 is 4.74 Å². The summed E-state index contributed by atoms with van der Waals surface area (Å²) in [6, 6.07) is 1.83. The van der Waals surface area contributed by atoms with Crippen LogP contribution in [-0.2, 0) is 13.0 Å². The summed E-state index contributed by atoms with van der Waals surface area (Å²) in [6.45, 7) is 8.03. The normalized spacial score (nSPS) is 10.6. The van der Waals surface area contributed by atoms with E-state index in [0.29, 0.717) is 11.6 Å². The van der Waals surface area contributed by atoms with E-state index < -0.39 is 0 Å². The van der Waals surface area contributed by atoms with E-state index in [1.807, 2.05) is 23.9 Å². The van der Waals surface area contributed by atoms with Crippen molar-refractivity contribution in [2.75, 3.05) is 11.9 Å². The Labute approximate surface area is 125 Å². The van der Waals surface area contributed by atoms with E-state index in [9.17, 15) is 0 Å². The van der Waals surface area contributed by atoms with Crippen LogP contribution in [0.15, 0.2) is 18.5 Å². The standard InChI is InChI=1S/C15H23N5O/c1-4-7-16-14-9-15(19-13(6-3)18-14)21-12-10-17-20(11-12)8-5-2/h9-11H,4-8H2,1-3H3,(H,16,18,19). The molecule has 1 N–H and O–H groups in total. The zero-order chi connectivity index (χ0) is 15.1. The zero-order valence-electron chi connectivity index (χ0n) is 13.0. The minimum absolute atomic E-state index is 0.552. The molecule has 2 aromatic heterocycles. The van der Waals surface area contributed by atoms with Gasteiger partial charge in [0, 0.05) is 25.6 Å². The number of aryl methyl sites for hydroxylation is 2. The van der Waals surface area contributed by atoms with Gasteiger partial charge < -0.3 is 10.1 Å². The summed E-state index contributed by atoms with van der Waals surface area (Å²) in [5, 5.41) is 7.52. The van der Waals surface area contributed by atoms with Crippen LogP contribution in [0.5, 0.6) is 11.6 Å². The second-order valence-electron chi connectivity index (χ2n) is 4.83. The Kier molecular flexibility index (Phi) is 5.54. The monoisotopic (exact) mass is 289 g/mol. The van der Waals surface area contributed by atoms with E-state index in [2.05, 4.69) is 34.2 Å². The van der Waals surface area contributed by atoms with Gasteiger partial charge in [-0.2, -0.15) is 10.1 Å². The fourth-order valence-electron chi connectivity index (χ4n) is 1.90. The molecule has 0 saturated heterocycles. The predicted molar refractivity (Wildman–Crippen MR) is 82.8 cm³/mol. The summed E-state index contributed by atoms with van der Waals surface area (Å²) < 4.78 is 7.66. The maximum Gasteiger partial charge on any atom is 0.224 e. The molecule has 0 radical (unpaired) electrons. The molecule has 0 unspecified atom stereocenters. The number of ether oxygens (including phenoxy) is 1. The molecular formula is C15H23N5O. The average molecular weight is 289 g/mol. The first kappa shape index (κ1) is 15.3. The first-order chi connectivity index (χ1) is 10.2. The minimum atomic E-state index is 0.552. The molecule has 0 aliphatic heterocycles. The maximum absolute atomic E-state index is 5.79. The highest BCUT2D eigenvalue weighted by Crippen LogP contribution is 2.21. The molecule has 0 aliphatic carbocycles. The molecule has 0 aliphatic rings. The highest BCUT2D eigenvalue weighted by molar-refractivity contribution is 5.39. The first-order valence-corrected chi connectivity index (χ1v) is 7.57. The SMILES string of the molecule is CCCNc1cc(Oc2cnn(CCC)c2)nc(CC)n1. The summed E-state index contributed by atoms with van der Waals surface area (Å²) in [5.74, 6) is 2.83. The third kappa shape index (κ3) is 4.44. The molecule has 0 atom stereocenters. The molecule has 2 rings (SSSR count). The summed E-state index contributed by atoms with van der Waals surface area (Å²) in [7, 11) is 0. The molecule has 0 bridgehead atoms. The fourth-order valence-corrected chi connectivity index (χ4v) is 1.90. The van der Waals surface area contributed by atoms with E-state index in [-0.39, 0.29) is 0 Å². The number of nitrogens with zero attached hydrogens (tertiary/aromatic N) is 4. The number of nitrogens with one attached hydrogen (secondary N) is 1. The lowest BCUT2D eigenvalue weighted by Crippen LogP contribution is -2.05. The quantitative estimate of drug-likeness (QED) is 0.808. The molecule has 6 heteroatoms.